The number of hydrogen-bond donors (Lipinski definition) is 1. The van der Waals surface area contributed by atoms with Crippen molar-refractivity contribution in [2.75, 3.05) is 6.54 Å². The summed E-state index contributed by atoms with van der Waals surface area (Å²) in [5.41, 5.74) is 0. The van der Waals surface area contributed by atoms with Gasteiger partial charge in [0.25, 0.3) is 0 Å². The molecule has 0 aliphatic carbocycles. The lowest BCUT2D eigenvalue weighted by Gasteiger charge is -2.09. The Kier molecular flexibility index (Phi) is 10.9. The smallest absolute Gasteiger partial charge is 0.146 e. The quantitative estimate of drug-likeness (QED) is 0.545. The molecular formula is C14H29NO. The van der Waals surface area contributed by atoms with Crippen LogP contribution in [0.15, 0.2) is 0 Å². The van der Waals surface area contributed by atoms with Crippen molar-refractivity contribution in [3.05, 3.63) is 0 Å². The van der Waals surface area contributed by atoms with Crippen molar-refractivity contribution in [3.8, 4) is 0 Å². The van der Waals surface area contributed by atoms with Crippen LogP contribution in [0.5, 0.6) is 0 Å². The van der Waals surface area contributed by atoms with E-state index in [1.54, 1.807) is 0 Å². The minimum atomic E-state index is 0.371. The largest absolute Gasteiger partial charge is 0.308 e. The molecule has 0 aliphatic rings. The monoisotopic (exact) mass is 227 g/mol. The van der Waals surface area contributed by atoms with Crippen molar-refractivity contribution in [2.24, 2.45) is 0 Å². The van der Waals surface area contributed by atoms with Crippen molar-refractivity contribution in [1.82, 2.24) is 5.32 Å². The molecule has 0 amide bonds. The van der Waals surface area contributed by atoms with Gasteiger partial charge in [-0.1, -0.05) is 46.0 Å². The third-order valence-electron chi connectivity index (χ3n) is 3.07. The Labute approximate surface area is 101 Å². The number of carbonyl (C=O) groups is 1. The molecule has 0 aliphatic heterocycles. The van der Waals surface area contributed by atoms with Crippen LogP contribution in [-0.2, 0) is 4.79 Å². The maximum atomic E-state index is 11.5. The van der Waals surface area contributed by atoms with E-state index < -0.39 is 0 Å². The number of rotatable bonds is 11. The molecule has 0 saturated heterocycles. The van der Waals surface area contributed by atoms with Crippen LogP contribution in [0.3, 0.4) is 0 Å². The second-order valence-electron chi connectivity index (χ2n) is 4.75. The molecular weight excluding hydrogens is 198 g/mol. The van der Waals surface area contributed by atoms with Gasteiger partial charge in [-0.3, -0.25) is 4.79 Å². The van der Waals surface area contributed by atoms with Crippen LogP contribution in [0.4, 0.5) is 0 Å². The van der Waals surface area contributed by atoms with E-state index in [1.165, 1.54) is 32.1 Å². The Morgan fingerprint density at radius 1 is 1.06 bits per heavy atom. The molecule has 16 heavy (non-hydrogen) atoms. The maximum Gasteiger partial charge on any atom is 0.146 e. The van der Waals surface area contributed by atoms with Crippen molar-refractivity contribution < 1.29 is 4.79 Å². The van der Waals surface area contributed by atoms with Crippen LogP contribution in [0.1, 0.15) is 72.1 Å². The second kappa shape index (κ2) is 11.1. The van der Waals surface area contributed by atoms with Gasteiger partial charge in [0.15, 0.2) is 0 Å². The first kappa shape index (κ1) is 15.6. The summed E-state index contributed by atoms with van der Waals surface area (Å²) < 4.78 is 0. The SMILES string of the molecule is CCCCCCCCC(=O)CNC(C)CC. The Hall–Kier alpha value is -0.370. The van der Waals surface area contributed by atoms with E-state index in [0.717, 1.165) is 19.3 Å². The average Bonchev–Trinajstić information content (AvgIpc) is 2.30. The first-order chi connectivity index (χ1) is 7.70. The fourth-order valence-corrected chi connectivity index (χ4v) is 1.62. The topological polar surface area (TPSA) is 29.1 Å². The van der Waals surface area contributed by atoms with E-state index in [4.69, 9.17) is 0 Å². The van der Waals surface area contributed by atoms with Gasteiger partial charge in [0.05, 0.1) is 6.54 Å². The van der Waals surface area contributed by atoms with Gasteiger partial charge in [0.2, 0.25) is 0 Å². The molecule has 2 heteroatoms. The number of ketones is 1. The van der Waals surface area contributed by atoms with Gasteiger partial charge in [-0.25, -0.2) is 0 Å². The lowest BCUT2D eigenvalue weighted by Crippen LogP contribution is -2.30. The Morgan fingerprint density at radius 2 is 1.69 bits per heavy atom. The summed E-state index contributed by atoms with van der Waals surface area (Å²) in [6.45, 7) is 7.04. The molecule has 0 aromatic carbocycles. The molecule has 0 rings (SSSR count). The van der Waals surface area contributed by atoms with E-state index in [1.807, 2.05) is 0 Å². The van der Waals surface area contributed by atoms with Gasteiger partial charge in [0.1, 0.15) is 5.78 Å². The van der Waals surface area contributed by atoms with Crippen LogP contribution < -0.4 is 5.32 Å². The number of carbonyl (C=O) groups excluding carboxylic acids is 1. The molecule has 0 heterocycles. The van der Waals surface area contributed by atoms with E-state index in [0.29, 0.717) is 18.4 Å². The van der Waals surface area contributed by atoms with Crippen LogP contribution in [-0.4, -0.2) is 18.4 Å². The summed E-state index contributed by atoms with van der Waals surface area (Å²) in [7, 11) is 0. The second-order valence-corrected chi connectivity index (χ2v) is 4.75. The van der Waals surface area contributed by atoms with Crippen LogP contribution in [0, 0.1) is 0 Å². The van der Waals surface area contributed by atoms with Crippen LogP contribution in [0.2, 0.25) is 0 Å². The van der Waals surface area contributed by atoms with Crippen LogP contribution >= 0.6 is 0 Å². The standard InChI is InChI=1S/C14H29NO/c1-4-6-7-8-9-10-11-14(16)12-15-13(3)5-2/h13,15H,4-12H2,1-3H3. The molecule has 1 atom stereocenters. The highest BCUT2D eigenvalue weighted by Gasteiger charge is 2.03. The zero-order valence-electron chi connectivity index (χ0n) is 11.3. The Morgan fingerprint density at radius 3 is 2.31 bits per heavy atom. The number of Topliss-reactive ketones (excluding diaryl/α,β-unsaturated/α-hetero) is 1. The van der Waals surface area contributed by atoms with E-state index in [9.17, 15) is 4.79 Å². The molecule has 0 bridgehead atoms. The third kappa shape index (κ3) is 10.2. The molecule has 0 fully saturated rings. The fourth-order valence-electron chi connectivity index (χ4n) is 1.62. The number of hydrogen-bond acceptors (Lipinski definition) is 2. The van der Waals surface area contributed by atoms with Crippen molar-refractivity contribution >= 4 is 5.78 Å². The van der Waals surface area contributed by atoms with Gasteiger partial charge in [-0.2, -0.15) is 0 Å². The number of unbranched alkanes of at least 4 members (excludes halogenated alkanes) is 5. The first-order valence-corrected chi connectivity index (χ1v) is 6.95. The molecule has 2 nitrogen and oxygen atoms in total. The highest BCUT2D eigenvalue weighted by molar-refractivity contribution is 5.80. The van der Waals surface area contributed by atoms with E-state index in [2.05, 4.69) is 26.1 Å². The van der Waals surface area contributed by atoms with Gasteiger partial charge in [0, 0.05) is 12.5 Å². The van der Waals surface area contributed by atoms with Gasteiger partial charge in [-0.05, 0) is 19.8 Å². The summed E-state index contributed by atoms with van der Waals surface area (Å²) in [5.74, 6) is 0.371. The van der Waals surface area contributed by atoms with Crippen LogP contribution in [0.25, 0.3) is 0 Å². The van der Waals surface area contributed by atoms with Gasteiger partial charge >= 0.3 is 0 Å². The van der Waals surface area contributed by atoms with Crippen molar-refractivity contribution in [3.63, 3.8) is 0 Å². The minimum Gasteiger partial charge on any atom is -0.308 e. The minimum absolute atomic E-state index is 0.371. The average molecular weight is 227 g/mol. The van der Waals surface area contributed by atoms with Crippen molar-refractivity contribution in [2.45, 2.75) is 78.2 Å². The molecule has 0 radical (unpaired) electrons. The molecule has 96 valence electrons. The Bertz CT molecular complexity index is 168. The predicted octanol–water partition coefficient (Wildman–Crippen LogP) is 3.69. The molecule has 1 unspecified atom stereocenters. The molecule has 0 aromatic heterocycles. The summed E-state index contributed by atoms with van der Waals surface area (Å²) >= 11 is 0. The summed E-state index contributed by atoms with van der Waals surface area (Å²) in [4.78, 5) is 11.5. The molecule has 1 N–H and O–H groups in total. The summed E-state index contributed by atoms with van der Waals surface area (Å²) in [6.07, 6.45) is 9.39. The zero-order chi connectivity index (χ0) is 12.2. The van der Waals surface area contributed by atoms with Gasteiger partial charge < -0.3 is 5.32 Å². The van der Waals surface area contributed by atoms with Gasteiger partial charge in [-0.15, -0.1) is 0 Å². The summed E-state index contributed by atoms with van der Waals surface area (Å²) in [5, 5.41) is 3.24. The Balaban J connectivity index is 3.24. The molecule has 0 spiro atoms. The highest BCUT2D eigenvalue weighted by Crippen LogP contribution is 2.06. The summed E-state index contributed by atoms with van der Waals surface area (Å²) in [6, 6.07) is 0.466. The lowest BCUT2D eigenvalue weighted by atomic mass is 10.1. The molecule has 0 aromatic rings. The van der Waals surface area contributed by atoms with E-state index in [-0.39, 0.29) is 0 Å². The highest BCUT2D eigenvalue weighted by atomic mass is 16.1. The predicted molar refractivity (Wildman–Crippen MR) is 70.8 cm³/mol. The third-order valence-corrected chi connectivity index (χ3v) is 3.07. The van der Waals surface area contributed by atoms with E-state index >= 15 is 0 Å². The fraction of sp³-hybridized carbons (Fsp3) is 0.929. The lowest BCUT2D eigenvalue weighted by molar-refractivity contribution is -0.118. The normalized spacial score (nSPS) is 12.7. The zero-order valence-corrected chi connectivity index (χ0v) is 11.3. The first-order valence-electron chi connectivity index (χ1n) is 6.95. The number of nitrogens with one attached hydrogen (secondary N) is 1. The maximum absolute atomic E-state index is 11.5. The molecule has 0 saturated carbocycles. The van der Waals surface area contributed by atoms with Crippen molar-refractivity contribution in [1.29, 1.82) is 0 Å².